The molecule has 1 fully saturated rings. The number of nitrogens with zero attached hydrogens (tertiary/aromatic N) is 3. The molecule has 152 valence electrons. The second-order valence-corrected chi connectivity index (χ2v) is 7.03. The first-order valence-corrected chi connectivity index (χ1v) is 10.0. The van der Waals surface area contributed by atoms with Gasteiger partial charge in [0.1, 0.15) is 24.0 Å². The lowest BCUT2D eigenvalue weighted by Crippen LogP contribution is -2.41. The molecule has 0 aliphatic carbocycles. The van der Waals surface area contributed by atoms with Gasteiger partial charge < -0.3 is 18.9 Å². The molecule has 1 aliphatic heterocycles. The van der Waals surface area contributed by atoms with Crippen LogP contribution in [0.1, 0.15) is 5.56 Å². The molecule has 2 aromatic carbocycles. The first-order valence-electron chi connectivity index (χ1n) is 10.0. The number of benzene rings is 2. The molecule has 0 radical (unpaired) electrons. The van der Waals surface area contributed by atoms with Gasteiger partial charge in [-0.05, 0) is 24.3 Å². The molecule has 0 saturated carbocycles. The lowest BCUT2D eigenvalue weighted by Gasteiger charge is -2.26. The summed E-state index contributed by atoms with van der Waals surface area (Å²) in [5.74, 6) is 0.585. The number of ether oxygens (including phenoxy) is 2. The Morgan fingerprint density at radius 1 is 1.10 bits per heavy atom. The van der Waals surface area contributed by atoms with Crippen LogP contribution in [0.2, 0.25) is 0 Å². The van der Waals surface area contributed by atoms with Crippen molar-refractivity contribution in [1.82, 2.24) is 9.47 Å². The van der Waals surface area contributed by atoms with Crippen molar-refractivity contribution in [3.63, 3.8) is 0 Å². The summed E-state index contributed by atoms with van der Waals surface area (Å²) >= 11 is 0. The second kappa shape index (κ2) is 9.29. The van der Waals surface area contributed by atoms with Gasteiger partial charge in [-0.25, -0.2) is 0 Å². The Bertz CT molecular complexity index is 1090. The Balaban J connectivity index is 1.57. The fourth-order valence-electron chi connectivity index (χ4n) is 3.59. The van der Waals surface area contributed by atoms with Crippen molar-refractivity contribution in [1.29, 1.82) is 5.26 Å². The molecule has 6 heteroatoms. The molecule has 6 nitrogen and oxygen atoms in total. The molecule has 0 atom stereocenters. The van der Waals surface area contributed by atoms with Gasteiger partial charge in [-0.1, -0.05) is 36.4 Å². The molecule has 30 heavy (non-hydrogen) atoms. The number of aromatic nitrogens is 1. The van der Waals surface area contributed by atoms with Crippen molar-refractivity contribution < 1.29 is 14.3 Å². The molecule has 4 rings (SSSR count). The van der Waals surface area contributed by atoms with E-state index in [0.717, 1.165) is 22.2 Å². The summed E-state index contributed by atoms with van der Waals surface area (Å²) in [5, 5.41) is 10.6. The molecule has 0 bridgehead atoms. The number of carbonyl (C=O) groups excluding carboxylic acids is 1. The predicted molar refractivity (Wildman–Crippen MR) is 115 cm³/mol. The molecule has 2 heterocycles. The Morgan fingerprint density at radius 2 is 1.83 bits per heavy atom. The first-order chi connectivity index (χ1) is 14.8. The number of fused-ring (bicyclic) bond motifs is 1. The lowest BCUT2D eigenvalue weighted by molar-refractivity contribution is -0.130. The van der Waals surface area contributed by atoms with Gasteiger partial charge in [-0.15, -0.1) is 0 Å². The van der Waals surface area contributed by atoms with E-state index in [0.29, 0.717) is 39.5 Å². The van der Waals surface area contributed by atoms with Crippen LogP contribution < -0.4 is 4.74 Å². The van der Waals surface area contributed by atoms with Crippen molar-refractivity contribution in [2.45, 2.75) is 6.54 Å². The highest BCUT2D eigenvalue weighted by Crippen LogP contribution is 2.24. The molecular formula is C24H23N3O3. The van der Waals surface area contributed by atoms with E-state index in [9.17, 15) is 10.1 Å². The van der Waals surface area contributed by atoms with Crippen molar-refractivity contribution >= 4 is 22.9 Å². The Kier molecular flexibility index (Phi) is 6.11. The average molecular weight is 401 g/mol. The monoisotopic (exact) mass is 401 g/mol. The third-order valence-electron chi connectivity index (χ3n) is 5.11. The van der Waals surface area contributed by atoms with E-state index in [1.54, 1.807) is 11.0 Å². The Hall–Kier alpha value is -3.56. The fraction of sp³-hybridized carbons (Fsp3) is 0.250. The minimum atomic E-state index is -0.245. The van der Waals surface area contributed by atoms with Gasteiger partial charge in [0.2, 0.25) is 0 Å². The van der Waals surface area contributed by atoms with Crippen molar-refractivity contribution in [2.75, 3.05) is 32.9 Å². The molecular weight excluding hydrogens is 378 g/mol. The SMILES string of the molecule is N#C/C(=C/c1cn(CCOc2ccccc2)c2ccccc12)C(=O)N1CCOCC1. The Labute approximate surface area is 175 Å². The number of hydrogen-bond acceptors (Lipinski definition) is 4. The minimum absolute atomic E-state index is 0.139. The molecule has 3 aromatic rings. The number of amides is 1. The molecule has 0 unspecified atom stereocenters. The van der Waals surface area contributed by atoms with Crippen LogP contribution in [0.5, 0.6) is 5.75 Å². The highest BCUT2D eigenvalue weighted by molar-refractivity contribution is 6.04. The van der Waals surface area contributed by atoms with E-state index in [-0.39, 0.29) is 11.5 Å². The second-order valence-electron chi connectivity index (χ2n) is 7.03. The van der Waals surface area contributed by atoms with Crippen LogP contribution in [-0.2, 0) is 16.1 Å². The first kappa shape index (κ1) is 19.7. The van der Waals surface area contributed by atoms with E-state index in [4.69, 9.17) is 9.47 Å². The van der Waals surface area contributed by atoms with Crippen molar-refractivity contribution in [3.05, 3.63) is 71.9 Å². The smallest absolute Gasteiger partial charge is 0.264 e. The van der Waals surface area contributed by atoms with Crippen LogP contribution in [0.25, 0.3) is 17.0 Å². The quantitative estimate of drug-likeness (QED) is 0.468. The molecule has 0 spiro atoms. The van der Waals surface area contributed by atoms with Crippen molar-refractivity contribution in [2.24, 2.45) is 0 Å². The number of nitriles is 1. The van der Waals surface area contributed by atoms with Crippen LogP contribution in [0.3, 0.4) is 0 Å². The summed E-state index contributed by atoms with van der Waals surface area (Å²) in [4.78, 5) is 14.4. The number of hydrogen-bond donors (Lipinski definition) is 0. The van der Waals surface area contributed by atoms with Crippen molar-refractivity contribution in [3.8, 4) is 11.8 Å². The topological polar surface area (TPSA) is 67.5 Å². The average Bonchev–Trinajstić information content (AvgIpc) is 3.16. The summed E-state index contributed by atoms with van der Waals surface area (Å²) in [6.45, 7) is 3.20. The molecule has 0 N–H and O–H groups in total. The van der Waals surface area contributed by atoms with Crippen LogP contribution in [-0.4, -0.2) is 48.3 Å². The van der Waals surface area contributed by atoms with Gasteiger partial charge in [-0.2, -0.15) is 5.26 Å². The molecule has 1 amide bonds. The summed E-state index contributed by atoms with van der Waals surface area (Å²) < 4.78 is 13.2. The fourth-order valence-corrected chi connectivity index (χ4v) is 3.59. The van der Waals surface area contributed by atoms with E-state index in [1.165, 1.54) is 0 Å². The zero-order chi connectivity index (χ0) is 20.8. The van der Waals surface area contributed by atoms with Gasteiger partial charge in [0.05, 0.1) is 19.8 Å². The standard InChI is InChI=1S/C24H23N3O3/c25-17-19(24(28)26-10-13-29-14-11-26)16-20-18-27(23-9-5-4-8-22(20)23)12-15-30-21-6-2-1-3-7-21/h1-9,16,18H,10-15H2/b19-16-. The van der Waals surface area contributed by atoms with E-state index >= 15 is 0 Å². The number of para-hydroxylation sites is 2. The lowest BCUT2D eigenvalue weighted by atomic mass is 10.1. The predicted octanol–water partition coefficient (Wildman–Crippen LogP) is 3.49. The van der Waals surface area contributed by atoms with Gasteiger partial charge in [0.25, 0.3) is 5.91 Å². The maximum atomic E-state index is 12.8. The van der Waals surface area contributed by atoms with Crippen LogP contribution >= 0.6 is 0 Å². The third kappa shape index (κ3) is 4.37. The minimum Gasteiger partial charge on any atom is -0.492 e. The molecule has 1 aromatic heterocycles. The molecule has 1 saturated heterocycles. The number of carbonyl (C=O) groups is 1. The Morgan fingerprint density at radius 3 is 2.60 bits per heavy atom. The maximum absolute atomic E-state index is 12.8. The zero-order valence-electron chi connectivity index (χ0n) is 16.7. The summed E-state index contributed by atoms with van der Waals surface area (Å²) in [6, 6.07) is 19.8. The highest BCUT2D eigenvalue weighted by Gasteiger charge is 2.21. The van der Waals surface area contributed by atoms with Crippen LogP contribution in [0.15, 0.2) is 66.4 Å². The van der Waals surface area contributed by atoms with E-state index < -0.39 is 0 Å². The maximum Gasteiger partial charge on any atom is 0.264 e. The summed E-state index contributed by atoms with van der Waals surface area (Å²) in [5.41, 5.74) is 2.03. The van der Waals surface area contributed by atoms with Crippen LogP contribution in [0, 0.1) is 11.3 Å². The normalized spacial score (nSPS) is 14.5. The third-order valence-corrected chi connectivity index (χ3v) is 5.11. The van der Waals surface area contributed by atoms with Gasteiger partial charge in [-0.3, -0.25) is 4.79 Å². The number of morpholine rings is 1. The highest BCUT2D eigenvalue weighted by atomic mass is 16.5. The van der Waals surface area contributed by atoms with Gasteiger partial charge in [0.15, 0.2) is 0 Å². The largest absolute Gasteiger partial charge is 0.492 e. The van der Waals surface area contributed by atoms with Crippen LogP contribution in [0.4, 0.5) is 0 Å². The molecule has 1 aliphatic rings. The van der Waals surface area contributed by atoms with E-state index in [1.807, 2.05) is 60.8 Å². The summed E-state index contributed by atoms with van der Waals surface area (Å²) in [7, 11) is 0. The summed E-state index contributed by atoms with van der Waals surface area (Å²) in [6.07, 6.45) is 3.66. The van der Waals surface area contributed by atoms with E-state index in [2.05, 4.69) is 10.6 Å². The zero-order valence-corrected chi connectivity index (χ0v) is 16.7. The van der Waals surface area contributed by atoms with Gasteiger partial charge in [0, 0.05) is 35.8 Å². The number of rotatable bonds is 6. The van der Waals surface area contributed by atoms with Gasteiger partial charge >= 0.3 is 0 Å².